The normalized spacial score (nSPS) is 20.1. The highest BCUT2D eigenvalue weighted by atomic mass is 32.1. The van der Waals surface area contributed by atoms with Crippen LogP contribution in [0.25, 0.3) is 11.1 Å². The van der Waals surface area contributed by atoms with Crippen LogP contribution in [0.5, 0.6) is 5.75 Å². The lowest BCUT2D eigenvalue weighted by Crippen LogP contribution is -2.43. The van der Waals surface area contributed by atoms with Gasteiger partial charge in [0.1, 0.15) is 11.9 Å². The first-order valence-electron chi connectivity index (χ1n) is 10.1. The molecular formula is C22H20F3N3O2S. The number of ether oxygens (including phenoxy) is 1. The molecule has 2 aromatic heterocycles. The fraction of sp³-hybridized carbons (Fsp3) is 0.364. The van der Waals surface area contributed by atoms with Crippen LogP contribution in [0.15, 0.2) is 36.5 Å². The number of thiazole rings is 1. The van der Waals surface area contributed by atoms with Crippen molar-refractivity contribution in [2.45, 2.75) is 50.2 Å². The summed E-state index contributed by atoms with van der Waals surface area (Å²) in [5.41, 5.74) is 1.98. The summed E-state index contributed by atoms with van der Waals surface area (Å²) < 4.78 is 46.1. The molecule has 31 heavy (non-hydrogen) atoms. The van der Waals surface area contributed by atoms with Crippen molar-refractivity contribution < 1.29 is 23.0 Å². The molecule has 2 heterocycles. The molecule has 2 aliphatic carbocycles. The average Bonchev–Trinajstić information content (AvgIpc) is 3.12. The number of rotatable bonds is 5. The average molecular weight is 447 g/mol. The van der Waals surface area contributed by atoms with Crippen LogP contribution in [0.1, 0.15) is 42.4 Å². The van der Waals surface area contributed by atoms with Gasteiger partial charge < -0.3 is 15.2 Å². The number of aromatic nitrogens is 2. The van der Waals surface area contributed by atoms with Crippen molar-refractivity contribution in [1.29, 1.82) is 0 Å². The van der Waals surface area contributed by atoms with Gasteiger partial charge in [0.2, 0.25) is 0 Å². The van der Waals surface area contributed by atoms with Gasteiger partial charge in [-0.1, -0.05) is 12.1 Å². The second kappa shape index (κ2) is 7.80. The highest BCUT2D eigenvalue weighted by Crippen LogP contribution is 2.45. The predicted octanol–water partition coefficient (Wildman–Crippen LogP) is 5.63. The number of hydrogen-bond acceptors (Lipinski definition) is 6. The highest BCUT2D eigenvalue weighted by molar-refractivity contribution is 7.15. The largest absolute Gasteiger partial charge is 0.485 e. The van der Waals surface area contributed by atoms with E-state index >= 15 is 0 Å². The van der Waals surface area contributed by atoms with E-state index in [1.165, 1.54) is 23.5 Å². The number of anilines is 2. The Kier molecular flexibility index (Phi) is 5.10. The number of nitrogens with zero attached hydrogens (tertiary/aromatic N) is 2. The number of pyridine rings is 1. The Morgan fingerprint density at radius 2 is 1.94 bits per heavy atom. The Hall–Kier alpha value is -2.65. The van der Waals surface area contributed by atoms with Gasteiger partial charge in [0.15, 0.2) is 16.7 Å². The molecule has 0 spiro atoms. The van der Waals surface area contributed by atoms with Crippen LogP contribution in [-0.2, 0) is 6.42 Å². The first-order valence-corrected chi connectivity index (χ1v) is 10.9. The summed E-state index contributed by atoms with van der Waals surface area (Å²) in [7, 11) is 0. The third-order valence-electron chi connectivity index (χ3n) is 5.55. The Bertz CT molecular complexity index is 1100. The van der Waals surface area contributed by atoms with Gasteiger partial charge in [0.25, 0.3) is 5.92 Å². The fourth-order valence-corrected chi connectivity index (χ4v) is 4.98. The van der Waals surface area contributed by atoms with Gasteiger partial charge in [0.05, 0.1) is 11.8 Å². The number of benzene rings is 1. The number of aliphatic hydroxyl groups excluding tert-OH is 1. The lowest BCUT2D eigenvalue weighted by molar-refractivity contribution is -0.134. The van der Waals surface area contributed by atoms with Gasteiger partial charge in [-0.25, -0.2) is 23.1 Å². The van der Waals surface area contributed by atoms with E-state index in [4.69, 9.17) is 4.74 Å². The molecule has 5 rings (SSSR count). The van der Waals surface area contributed by atoms with Gasteiger partial charge in [-0.05, 0) is 43.0 Å². The molecular weight excluding hydrogens is 427 g/mol. The number of aliphatic hydroxyl groups is 1. The molecule has 1 atom stereocenters. The molecule has 3 aromatic rings. The van der Waals surface area contributed by atoms with Gasteiger partial charge in [0, 0.05) is 29.5 Å². The van der Waals surface area contributed by atoms with Crippen LogP contribution in [0.3, 0.4) is 0 Å². The van der Waals surface area contributed by atoms with Gasteiger partial charge >= 0.3 is 0 Å². The van der Waals surface area contributed by atoms with E-state index in [9.17, 15) is 18.3 Å². The standard InChI is InChI=1S/C22H20F3N3O2S/c23-13-6-4-12(5-7-13)15-8-9-26-20(19(15)30-14-10-22(24,25)11-14)28-21-27-18-16(29)2-1-3-17(18)31-21/h4-9,14,16,29H,1-3,10-11H2,(H,26,27,28). The van der Waals surface area contributed by atoms with Crippen LogP contribution in [0.4, 0.5) is 24.1 Å². The summed E-state index contributed by atoms with van der Waals surface area (Å²) in [4.78, 5) is 9.89. The third-order valence-corrected chi connectivity index (χ3v) is 6.59. The maximum atomic E-state index is 13.4. The Balaban J connectivity index is 1.50. The van der Waals surface area contributed by atoms with Gasteiger partial charge in [-0.3, -0.25) is 0 Å². The number of fused-ring (bicyclic) bond motifs is 1. The number of halogens is 3. The fourth-order valence-electron chi connectivity index (χ4n) is 3.92. The van der Waals surface area contributed by atoms with Crippen LogP contribution in [-0.4, -0.2) is 27.1 Å². The summed E-state index contributed by atoms with van der Waals surface area (Å²) in [6.07, 6.45) is 2.08. The molecule has 2 N–H and O–H groups in total. The number of aryl methyl sites for hydroxylation is 1. The number of hydrogen-bond donors (Lipinski definition) is 2. The molecule has 162 valence electrons. The molecule has 0 radical (unpaired) electrons. The van der Waals surface area contributed by atoms with Crippen molar-refractivity contribution in [3.63, 3.8) is 0 Å². The lowest BCUT2D eigenvalue weighted by Gasteiger charge is -2.35. The number of alkyl halides is 2. The van der Waals surface area contributed by atoms with E-state index in [1.807, 2.05) is 0 Å². The van der Waals surface area contributed by atoms with Crippen molar-refractivity contribution >= 4 is 22.3 Å². The van der Waals surface area contributed by atoms with Crippen LogP contribution in [0.2, 0.25) is 0 Å². The molecule has 0 aliphatic heterocycles. The van der Waals surface area contributed by atoms with E-state index in [2.05, 4.69) is 15.3 Å². The van der Waals surface area contributed by atoms with Crippen LogP contribution >= 0.6 is 11.3 Å². The van der Waals surface area contributed by atoms with Crippen molar-refractivity contribution in [1.82, 2.24) is 9.97 Å². The summed E-state index contributed by atoms with van der Waals surface area (Å²) in [5, 5.41) is 13.9. The molecule has 1 fully saturated rings. The molecule has 1 aromatic carbocycles. The van der Waals surface area contributed by atoms with Crippen molar-refractivity contribution in [3.05, 3.63) is 52.9 Å². The molecule has 2 aliphatic rings. The van der Waals surface area contributed by atoms with Crippen LogP contribution in [0, 0.1) is 5.82 Å². The first kappa shape index (κ1) is 20.3. The van der Waals surface area contributed by atoms with E-state index in [-0.39, 0.29) is 18.7 Å². The monoisotopic (exact) mass is 447 g/mol. The summed E-state index contributed by atoms with van der Waals surface area (Å²) >= 11 is 1.44. The molecule has 1 unspecified atom stereocenters. The van der Waals surface area contributed by atoms with Crippen molar-refractivity contribution in [3.8, 4) is 16.9 Å². The highest BCUT2D eigenvalue weighted by Gasteiger charge is 2.47. The topological polar surface area (TPSA) is 67.3 Å². The Morgan fingerprint density at radius 1 is 1.16 bits per heavy atom. The van der Waals surface area contributed by atoms with Crippen LogP contribution < -0.4 is 10.1 Å². The quantitative estimate of drug-likeness (QED) is 0.530. The van der Waals surface area contributed by atoms with Crippen molar-refractivity contribution in [2.75, 3.05) is 5.32 Å². The molecule has 9 heteroatoms. The minimum absolute atomic E-state index is 0.323. The maximum absolute atomic E-state index is 13.4. The summed E-state index contributed by atoms with van der Waals surface area (Å²) in [5.74, 6) is -2.42. The minimum Gasteiger partial charge on any atom is -0.485 e. The molecule has 1 saturated carbocycles. The molecule has 5 nitrogen and oxygen atoms in total. The van der Waals surface area contributed by atoms with Crippen molar-refractivity contribution in [2.24, 2.45) is 0 Å². The van der Waals surface area contributed by atoms with Gasteiger partial charge in [-0.15, -0.1) is 11.3 Å². The third kappa shape index (κ3) is 4.12. The predicted molar refractivity (Wildman–Crippen MR) is 112 cm³/mol. The zero-order valence-electron chi connectivity index (χ0n) is 16.4. The minimum atomic E-state index is -2.72. The second-order valence-electron chi connectivity index (χ2n) is 7.91. The lowest BCUT2D eigenvalue weighted by atomic mass is 9.91. The molecule has 0 amide bonds. The van der Waals surface area contributed by atoms with E-state index < -0.39 is 18.1 Å². The summed E-state index contributed by atoms with van der Waals surface area (Å²) in [6.45, 7) is 0. The van der Waals surface area contributed by atoms with Gasteiger partial charge in [-0.2, -0.15) is 0 Å². The Labute approximate surface area is 180 Å². The second-order valence-corrected chi connectivity index (χ2v) is 8.99. The first-order chi connectivity index (χ1) is 14.9. The zero-order chi connectivity index (χ0) is 21.6. The number of nitrogens with one attached hydrogen (secondary N) is 1. The SMILES string of the molecule is OC1CCCc2sc(Nc3nccc(-c4ccc(F)cc4)c3OC3CC(F)(F)C3)nc21. The zero-order valence-corrected chi connectivity index (χ0v) is 17.3. The van der Waals surface area contributed by atoms with E-state index in [0.717, 1.165) is 17.7 Å². The molecule has 0 bridgehead atoms. The Morgan fingerprint density at radius 3 is 2.65 bits per heavy atom. The van der Waals surface area contributed by atoms with E-state index in [0.29, 0.717) is 39.9 Å². The molecule has 0 saturated heterocycles. The summed E-state index contributed by atoms with van der Waals surface area (Å²) in [6, 6.07) is 7.59. The maximum Gasteiger partial charge on any atom is 0.255 e. The van der Waals surface area contributed by atoms with E-state index in [1.54, 1.807) is 24.4 Å². The smallest absolute Gasteiger partial charge is 0.255 e.